The highest BCUT2D eigenvalue weighted by Crippen LogP contribution is 2.16. The molecular formula is C8H16O6S. The van der Waals surface area contributed by atoms with Crippen molar-refractivity contribution in [2.24, 2.45) is 0 Å². The fourth-order valence-electron chi connectivity index (χ4n) is 1.27. The van der Waals surface area contributed by atoms with Gasteiger partial charge in [-0.05, 0) is 0 Å². The molecule has 0 radical (unpaired) electrons. The molecule has 90 valence electrons. The molecule has 1 fully saturated rings. The highest BCUT2D eigenvalue weighted by Gasteiger charge is 2.36. The zero-order chi connectivity index (χ0) is 11.4. The van der Waals surface area contributed by atoms with Crippen molar-refractivity contribution in [3.8, 4) is 0 Å². The average molecular weight is 240 g/mol. The van der Waals surface area contributed by atoms with Gasteiger partial charge in [-0.25, -0.2) is 0 Å². The molecule has 1 heterocycles. The summed E-state index contributed by atoms with van der Waals surface area (Å²) in [6, 6.07) is 0. The third-order valence-corrected chi connectivity index (χ3v) is 2.68. The lowest BCUT2D eigenvalue weighted by Crippen LogP contribution is -2.48. The first-order valence-corrected chi connectivity index (χ1v) is 5.16. The van der Waals surface area contributed by atoms with Crippen LogP contribution >= 0.6 is 12.6 Å². The van der Waals surface area contributed by atoms with Crippen LogP contribution in [0.4, 0.5) is 0 Å². The molecule has 1 aliphatic rings. The van der Waals surface area contributed by atoms with Gasteiger partial charge >= 0.3 is 0 Å². The van der Waals surface area contributed by atoms with Gasteiger partial charge in [0.15, 0.2) is 6.29 Å². The van der Waals surface area contributed by atoms with E-state index in [1.54, 1.807) is 0 Å². The Morgan fingerprint density at radius 2 is 1.67 bits per heavy atom. The van der Waals surface area contributed by atoms with E-state index in [9.17, 15) is 15.3 Å². The molecule has 0 aromatic rings. The standard InChI is InChI=1S/C8H16O6S/c9-3-4(15)5(10)6(11)7(12)8-13-1-2-14-8/h4-12,15H,1-3H2/t4-,5-,6+,7-/m1/s1. The van der Waals surface area contributed by atoms with Crippen molar-refractivity contribution >= 4 is 12.6 Å². The fourth-order valence-corrected chi connectivity index (χ4v) is 1.45. The lowest BCUT2D eigenvalue weighted by Gasteiger charge is -2.28. The summed E-state index contributed by atoms with van der Waals surface area (Å²) in [4.78, 5) is 0. The second-order valence-electron chi connectivity index (χ2n) is 3.33. The predicted molar refractivity (Wildman–Crippen MR) is 53.6 cm³/mol. The SMILES string of the molecule is OC[C@@H](S)[C@@H](O)[C@H](O)[C@@H](O)C1OCCO1. The summed E-state index contributed by atoms with van der Waals surface area (Å²) in [6.07, 6.45) is -5.11. The van der Waals surface area contributed by atoms with E-state index in [4.69, 9.17) is 14.6 Å². The monoisotopic (exact) mass is 240 g/mol. The Morgan fingerprint density at radius 3 is 2.13 bits per heavy atom. The minimum atomic E-state index is -1.47. The summed E-state index contributed by atoms with van der Waals surface area (Å²) in [5.74, 6) is 0. The van der Waals surface area contributed by atoms with E-state index in [2.05, 4.69) is 12.6 Å². The Bertz CT molecular complexity index is 186. The van der Waals surface area contributed by atoms with Crippen LogP contribution in [-0.2, 0) is 9.47 Å². The lowest BCUT2D eigenvalue weighted by molar-refractivity contribution is -0.175. The van der Waals surface area contributed by atoms with Gasteiger partial charge in [0.05, 0.1) is 31.2 Å². The molecule has 0 unspecified atom stereocenters. The number of ether oxygens (including phenoxy) is 2. The number of aliphatic hydroxyl groups is 4. The maximum absolute atomic E-state index is 9.56. The highest BCUT2D eigenvalue weighted by molar-refractivity contribution is 7.81. The maximum Gasteiger partial charge on any atom is 0.186 e. The van der Waals surface area contributed by atoms with Crippen LogP contribution in [-0.4, -0.2) is 70.1 Å². The molecule has 0 spiro atoms. The smallest absolute Gasteiger partial charge is 0.186 e. The predicted octanol–water partition coefficient (Wildman–Crippen LogP) is -2.27. The van der Waals surface area contributed by atoms with Crippen molar-refractivity contribution < 1.29 is 29.9 Å². The van der Waals surface area contributed by atoms with Gasteiger partial charge in [0.2, 0.25) is 0 Å². The van der Waals surface area contributed by atoms with Crippen LogP contribution in [0.3, 0.4) is 0 Å². The van der Waals surface area contributed by atoms with Crippen molar-refractivity contribution in [3.05, 3.63) is 0 Å². The van der Waals surface area contributed by atoms with Crippen molar-refractivity contribution in [1.29, 1.82) is 0 Å². The summed E-state index contributed by atoms with van der Waals surface area (Å²) in [5.41, 5.74) is 0. The molecule has 0 aromatic heterocycles. The van der Waals surface area contributed by atoms with Gasteiger partial charge in [0.1, 0.15) is 12.2 Å². The van der Waals surface area contributed by atoms with Crippen LogP contribution in [0.15, 0.2) is 0 Å². The van der Waals surface area contributed by atoms with Crippen LogP contribution < -0.4 is 0 Å². The van der Waals surface area contributed by atoms with E-state index in [0.29, 0.717) is 13.2 Å². The molecule has 0 aliphatic carbocycles. The first-order chi connectivity index (χ1) is 7.07. The van der Waals surface area contributed by atoms with Crippen LogP contribution in [0.25, 0.3) is 0 Å². The zero-order valence-electron chi connectivity index (χ0n) is 8.06. The quantitative estimate of drug-likeness (QED) is 0.348. The Morgan fingerprint density at radius 1 is 1.13 bits per heavy atom. The van der Waals surface area contributed by atoms with Crippen molar-refractivity contribution in [3.63, 3.8) is 0 Å². The summed E-state index contributed by atoms with van der Waals surface area (Å²) < 4.78 is 9.94. The molecule has 0 aromatic carbocycles. The van der Waals surface area contributed by atoms with Gasteiger partial charge in [-0.1, -0.05) is 0 Å². The topological polar surface area (TPSA) is 99.4 Å². The van der Waals surface area contributed by atoms with Crippen molar-refractivity contribution in [2.45, 2.75) is 29.9 Å². The number of rotatable bonds is 5. The second-order valence-corrected chi connectivity index (χ2v) is 3.99. The first kappa shape index (κ1) is 13.2. The molecule has 1 aliphatic heterocycles. The molecule has 4 N–H and O–H groups in total. The zero-order valence-corrected chi connectivity index (χ0v) is 8.96. The Hall–Kier alpha value is 0.110. The van der Waals surface area contributed by atoms with E-state index in [0.717, 1.165) is 0 Å². The van der Waals surface area contributed by atoms with E-state index < -0.39 is 36.5 Å². The minimum absolute atomic E-state index is 0.342. The van der Waals surface area contributed by atoms with Gasteiger partial charge < -0.3 is 29.9 Å². The van der Waals surface area contributed by atoms with E-state index >= 15 is 0 Å². The molecule has 0 bridgehead atoms. The Kier molecular flexibility index (Phi) is 5.27. The summed E-state index contributed by atoms with van der Waals surface area (Å²) in [5, 5.41) is 36.4. The van der Waals surface area contributed by atoms with Gasteiger partial charge in [-0.3, -0.25) is 0 Å². The number of thiol groups is 1. The normalized spacial score (nSPS) is 26.2. The molecule has 7 heteroatoms. The van der Waals surface area contributed by atoms with Crippen LogP contribution in [0.1, 0.15) is 0 Å². The molecule has 1 rings (SSSR count). The van der Waals surface area contributed by atoms with Crippen LogP contribution in [0.5, 0.6) is 0 Å². The number of hydrogen-bond donors (Lipinski definition) is 5. The molecule has 0 amide bonds. The molecule has 0 saturated carbocycles. The molecular weight excluding hydrogens is 224 g/mol. The molecule has 4 atom stereocenters. The Labute approximate surface area is 92.8 Å². The maximum atomic E-state index is 9.56. The average Bonchev–Trinajstić information content (AvgIpc) is 2.78. The first-order valence-electron chi connectivity index (χ1n) is 4.64. The largest absolute Gasteiger partial charge is 0.395 e. The van der Waals surface area contributed by atoms with Gasteiger partial charge in [-0.15, -0.1) is 0 Å². The summed E-state index contributed by atoms with van der Waals surface area (Å²) >= 11 is 3.85. The lowest BCUT2D eigenvalue weighted by atomic mass is 10.0. The van der Waals surface area contributed by atoms with Gasteiger partial charge in [0, 0.05) is 0 Å². The second kappa shape index (κ2) is 6.00. The third-order valence-electron chi connectivity index (χ3n) is 2.21. The van der Waals surface area contributed by atoms with Gasteiger partial charge in [0.25, 0.3) is 0 Å². The van der Waals surface area contributed by atoms with Gasteiger partial charge in [-0.2, -0.15) is 12.6 Å². The number of hydrogen-bond acceptors (Lipinski definition) is 7. The fraction of sp³-hybridized carbons (Fsp3) is 1.00. The van der Waals surface area contributed by atoms with Crippen LogP contribution in [0.2, 0.25) is 0 Å². The van der Waals surface area contributed by atoms with Crippen LogP contribution in [0, 0.1) is 0 Å². The Balaban J connectivity index is 2.46. The van der Waals surface area contributed by atoms with E-state index in [1.807, 2.05) is 0 Å². The summed E-state index contributed by atoms with van der Waals surface area (Å²) in [7, 11) is 0. The molecule has 15 heavy (non-hydrogen) atoms. The molecule has 6 nitrogen and oxygen atoms in total. The van der Waals surface area contributed by atoms with Crippen molar-refractivity contribution in [1.82, 2.24) is 0 Å². The van der Waals surface area contributed by atoms with E-state index in [1.165, 1.54) is 0 Å². The third kappa shape index (κ3) is 3.28. The highest BCUT2D eigenvalue weighted by atomic mass is 32.1. The summed E-state index contributed by atoms with van der Waals surface area (Å²) in [6.45, 7) is 0.282. The number of aliphatic hydroxyl groups excluding tert-OH is 4. The van der Waals surface area contributed by atoms with Crippen molar-refractivity contribution in [2.75, 3.05) is 19.8 Å². The van der Waals surface area contributed by atoms with E-state index in [-0.39, 0.29) is 0 Å². The molecule has 1 saturated heterocycles. The minimum Gasteiger partial charge on any atom is -0.395 e.